The molecule has 0 aromatic heterocycles. The number of ether oxygens (including phenoxy) is 1. The lowest BCUT2D eigenvalue weighted by atomic mass is 9.95. The molecule has 0 aliphatic carbocycles. The second-order valence-electron chi connectivity index (χ2n) is 5.66. The number of hydrogen-bond donors (Lipinski definition) is 3. The molecule has 0 amide bonds. The Morgan fingerprint density at radius 1 is 1.20 bits per heavy atom. The maximum Gasteiger partial charge on any atom is 0.137 e. The molecule has 5 N–H and O–H groups in total. The van der Waals surface area contributed by atoms with E-state index in [0.717, 1.165) is 11.3 Å². The molecule has 2 aromatic carbocycles. The van der Waals surface area contributed by atoms with Gasteiger partial charge in [0.2, 0.25) is 0 Å². The zero-order valence-electron chi connectivity index (χ0n) is 14.6. The van der Waals surface area contributed by atoms with Gasteiger partial charge in [0.15, 0.2) is 0 Å². The summed E-state index contributed by atoms with van der Waals surface area (Å²) in [6.07, 6.45) is 0.525. The van der Waals surface area contributed by atoms with E-state index in [1.165, 1.54) is 11.1 Å². The molecule has 130 valence electrons. The minimum absolute atomic E-state index is 0.0335. The number of amidine groups is 1. The Bertz CT molecular complexity index is 772. The van der Waals surface area contributed by atoms with Crippen LogP contribution < -0.4 is 21.8 Å². The topological polar surface area (TPSA) is 85.7 Å². The van der Waals surface area contributed by atoms with Crippen LogP contribution in [-0.2, 0) is 6.61 Å². The molecule has 0 fully saturated rings. The Kier molecular flexibility index (Phi) is 6.87. The number of hydrogen-bond acceptors (Lipinski definition) is 4. The molecule has 25 heavy (non-hydrogen) atoms. The number of hydrazine groups is 1. The third-order valence-electron chi connectivity index (χ3n) is 3.98. The normalized spacial score (nSPS) is 12.0. The zero-order valence-corrected chi connectivity index (χ0v) is 14.6. The van der Waals surface area contributed by atoms with Crippen LogP contribution in [0, 0.1) is 18.8 Å². The fraction of sp³-hybridized carbons (Fsp3) is 0.250. The number of rotatable bonds is 6. The average molecular weight is 336 g/mol. The van der Waals surface area contributed by atoms with Gasteiger partial charge in [-0.25, -0.2) is 5.84 Å². The predicted molar refractivity (Wildman–Crippen MR) is 102 cm³/mol. The van der Waals surface area contributed by atoms with E-state index in [9.17, 15) is 0 Å². The predicted octanol–water partition coefficient (Wildman–Crippen LogP) is 2.81. The van der Waals surface area contributed by atoms with Gasteiger partial charge in [-0.2, -0.15) is 5.10 Å². The summed E-state index contributed by atoms with van der Waals surface area (Å²) in [5, 5.41) is 3.63. The molecule has 2 rings (SSSR count). The van der Waals surface area contributed by atoms with Crippen molar-refractivity contribution >= 4 is 5.84 Å². The lowest BCUT2D eigenvalue weighted by Crippen LogP contribution is -2.32. The van der Waals surface area contributed by atoms with Gasteiger partial charge in [0.25, 0.3) is 0 Å². The highest BCUT2D eigenvalue weighted by Gasteiger charge is 2.12. The Hall–Kier alpha value is -2.97. The van der Waals surface area contributed by atoms with Crippen molar-refractivity contribution in [2.75, 3.05) is 0 Å². The Morgan fingerprint density at radius 3 is 2.52 bits per heavy atom. The van der Waals surface area contributed by atoms with Crippen molar-refractivity contribution in [1.29, 1.82) is 0 Å². The molecule has 5 nitrogen and oxygen atoms in total. The Morgan fingerprint density at radius 2 is 1.92 bits per heavy atom. The Balaban J connectivity index is 2.06. The number of aryl methyl sites for hydroxylation is 1. The van der Waals surface area contributed by atoms with Crippen molar-refractivity contribution in [3.63, 3.8) is 0 Å². The van der Waals surface area contributed by atoms with E-state index in [1.807, 2.05) is 43.3 Å². The summed E-state index contributed by atoms with van der Waals surface area (Å²) >= 11 is 0. The molecule has 0 spiro atoms. The summed E-state index contributed by atoms with van der Waals surface area (Å²) in [6, 6.07) is 16.1. The highest BCUT2D eigenvalue weighted by Crippen LogP contribution is 2.23. The molecule has 0 heterocycles. The molecule has 0 saturated carbocycles. The van der Waals surface area contributed by atoms with Crippen molar-refractivity contribution in [2.45, 2.75) is 32.8 Å². The highest BCUT2D eigenvalue weighted by atomic mass is 16.5. The second kappa shape index (κ2) is 9.36. The van der Waals surface area contributed by atoms with Crippen LogP contribution in [0.3, 0.4) is 0 Å². The van der Waals surface area contributed by atoms with Crippen LogP contribution in [0.25, 0.3) is 0 Å². The van der Waals surface area contributed by atoms with Gasteiger partial charge in [0.05, 0.1) is 5.92 Å². The summed E-state index contributed by atoms with van der Waals surface area (Å²) in [7, 11) is 0. The molecule has 1 unspecified atom stereocenters. The molecule has 0 aliphatic heterocycles. The van der Waals surface area contributed by atoms with Gasteiger partial charge in [0.1, 0.15) is 18.2 Å². The van der Waals surface area contributed by atoms with Gasteiger partial charge in [-0.3, -0.25) is 0 Å². The molecular weight excluding hydrogens is 312 g/mol. The van der Waals surface area contributed by atoms with Crippen molar-refractivity contribution in [2.24, 2.45) is 16.8 Å². The van der Waals surface area contributed by atoms with Gasteiger partial charge in [0, 0.05) is 6.42 Å². The maximum atomic E-state index is 5.88. The first-order chi connectivity index (χ1) is 12.2. The van der Waals surface area contributed by atoms with Crippen LogP contribution in [-0.4, -0.2) is 5.84 Å². The summed E-state index contributed by atoms with van der Waals surface area (Å²) < 4.78 is 5.88. The standard InChI is InChI=1S/C20H24N4O/c1-3-6-17(13-20(23-21)24-22)16-9-11-19(12-10-16)25-14-18-8-5-4-7-15(18)2/h4-5,7-12,17H,13-14,21-22H2,1-2H3,(H,23,24). The maximum absolute atomic E-state index is 5.88. The molecular formula is C20H24N4O. The number of benzene rings is 2. The summed E-state index contributed by atoms with van der Waals surface area (Å²) in [5.74, 6) is 18.1. The monoisotopic (exact) mass is 336 g/mol. The summed E-state index contributed by atoms with van der Waals surface area (Å²) in [4.78, 5) is 0. The van der Waals surface area contributed by atoms with Crippen LogP contribution in [0.4, 0.5) is 0 Å². The van der Waals surface area contributed by atoms with Crippen molar-refractivity contribution in [3.05, 3.63) is 65.2 Å². The summed E-state index contributed by atoms with van der Waals surface area (Å²) in [5.41, 5.74) is 5.96. The number of nitrogens with two attached hydrogens (primary N) is 2. The largest absolute Gasteiger partial charge is 0.489 e. The molecule has 1 atom stereocenters. The quantitative estimate of drug-likeness (QED) is 0.249. The molecule has 0 radical (unpaired) electrons. The van der Waals surface area contributed by atoms with Gasteiger partial charge in [-0.05, 0) is 42.7 Å². The minimum Gasteiger partial charge on any atom is -0.489 e. The van der Waals surface area contributed by atoms with E-state index in [4.69, 9.17) is 16.4 Å². The SMILES string of the molecule is CC#CC(C/C(=N/N)NN)c1ccc(OCc2ccccc2C)cc1. The third kappa shape index (κ3) is 5.27. The molecule has 0 saturated heterocycles. The van der Waals surface area contributed by atoms with Crippen LogP contribution >= 0.6 is 0 Å². The lowest BCUT2D eigenvalue weighted by molar-refractivity contribution is 0.305. The molecule has 0 aliphatic rings. The fourth-order valence-electron chi connectivity index (χ4n) is 2.50. The van der Waals surface area contributed by atoms with Crippen molar-refractivity contribution in [3.8, 4) is 17.6 Å². The first-order valence-corrected chi connectivity index (χ1v) is 8.10. The first kappa shape index (κ1) is 18.4. The van der Waals surface area contributed by atoms with E-state index in [1.54, 1.807) is 0 Å². The van der Waals surface area contributed by atoms with Crippen LogP contribution in [0.2, 0.25) is 0 Å². The number of nitrogens with zero attached hydrogens (tertiary/aromatic N) is 1. The van der Waals surface area contributed by atoms with E-state index in [0.29, 0.717) is 18.9 Å². The zero-order chi connectivity index (χ0) is 18.1. The van der Waals surface area contributed by atoms with Crippen LogP contribution in [0.1, 0.15) is 36.0 Å². The summed E-state index contributed by atoms with van der Waals surface area (Å²) in [6.45, 7) is 4.44. The highest BCUT2D eigenvalue weighted by molar-refractivity contribution is 5.82. The van der Waals surface area contributed by atoms with Crippen LogP contribution in [0.15, 0.2) is 53.6 Å². The van der Waals surface area contributed by atoms with Gasteiger partial charge in [-0.1, -0.05) is 42.3 Å². The average Bonchev–Trinajstić information content (AvgIpc) is 2.65. The second-order valence-corrected chi connectivity index (χ2v) is 5.66. The number of hydrazone groups is 1. The van der Waals surface area contributed by atoms with E-state index >= 15 is 0 Å². The van der Waals surface area contributed by atoms with E-state index in [-0.39, 0.29) is 5.92 Å². The van der Waals surface area contributed by atoms with Crippen LogP contribution in [0.5, 0.6) is 5.75 Å². The first-order valence-electron chi connectivity index (χ1n) is 8.10. The van der Waals surface area contributed by atoms with Crippen molar-refractivity contribution in [1.82, 2.24) is 5.43 Å². The van der Waals surface area contributed by atoms with Gasteiger partial charge < -0.3 is 16.0 Å². The van der Waals surface area contributed by atoms with Gasteiger partial charge in [-0.15, -0.1) is 5.92 Å². The van der Waals surface area contributed by atoms with E-state index < -0.39 is 0 Å². The molecule has 2 aromatic rings. The molecule has 5 heteroatoms. The minimum atomic E-state index is -0.0335. The smallest absolute Gasteiger partial charge is 0.137 e. The third-order valence-corrected chi connectivity index (χ3v) is 3.98. The Labute approximate surface area is 149 Å². The number of nitrogens with one attached hydrogen (secondary N) is 1. The fourth-order valence-corrected chi connectivity index (χ4v) is 2.50. The van der Waals surface area contributed by atoms with Gasteiger partial charge >= 0.3 is 0 Å². The lowest BCUT2D eigenvalue weighted by Gasteiger charge is -2.14. The van der Waals surface area contributed by atoms with E-state index in [2.05, 4.69) is 41.4 Å². The molecule has 0 bridgehead atoms. The van der Waals surface area contributed by atoms with Crippen molar-refractivity contribution < 1.29 is 4.74 Å².